The van der Waals surface area contributed by atoms with Crippen molar-refractivity contribution in [1.29, 1.82) is 0 Å². The first-order valence-electron chi connectivity index (χ1n) is 6.19. The SMILES string of the molecule is CCOc1cc(NCC2CCC(=O)N2)nc(C)n1. The molecule has 2 heterocycles. The minimum atomic E-state index is 0.121. The lowest BCUT2D eigenvalue weighted by Gasteiger charge is -2.12. The Labute approximate surface area is 106 Å². The van der Waals surface area contributed by atoms with Crippen LogP contribution in [0.5, 0.6) is 5.88 Å². The Kier molecular flexibility index (Phi) is 3.96. The number of carbonyl (C=O) groups is 1. The lowest BCUT2D eigenvalue weighted by molar-refractivity contribution is -0.119. The lowest BCUT2D eigenvalue weighted by atomic mass is 10.2. The quantitative estimate of drug-likeness (QED) is 0.811. The molecule has 1 aliphatic rings. The van der Waals surface area contributed by atoms with Crippen molar-refractivity contribution in [2.75, 3.05) is 18.5 Å². The highest BCUT2D eigenvalue weighted by Crippen LogP contribution is 2.14. The van der Waals surface area contributed by atoms with Gasteiger partial charge in [0.15, 0.2) is 0 Å². The number of aryl methyl sites for hydroxylation is 1. The summed E-state index contributed by atoms with van der Waals surface area (Å²) in [5, 5.41) is 6.10. The van der Waals surface area contributed by atoms with Crippen molar-refractivity contribution in [3.8, 4) is 5.88 Å². The molecule has 0 radical (unpaired) electrons. The minimum absolute atomic E-state index is 0.121. The molecule has 1 atom stereocenters. The molecule has 18 heavy (non-hydrogen) atoms. The van der Waals surface area contributed by atoms with E-state index in [1.807, 2.05) is 13.8 Å². The van der Waals surface area contributed by atoms with Crippen LogP contribution in [-0.2, 0) is 4.79 Å². The Balaban J connectivity index is 1.94. The molecule has 0 aliphatic carbocycles. The highest BCUT2D eigenvalue weighted by molar-refractivity contribution is 5.78. The van der Waals surface area contributed by atoms with Gasteiger partial charge in [0.1, 0.15) is 11.6 Å². The topological polar surface area (TPSA) is 76.1 Å². The zero-order valence-electron chi connectivity index (χ0n) is 10.7. The van der Waals surface area contributed by atoms with Crippen molar-refractivity contribution in [3.63, 3.8) is 0 Å². The second kappa shape index (κ2) is 5.66. The molecule has 1 aromatic heterocycles. The third-order valence-corrected chi connectivity index (χ3v) is 2.72. The number of nitrogens with one attached hydrogen (secondary N) is 2. The van der Waals surface area contributed by atoms with Gasteiger partial charge in [-0.25, -0.2) is 4.98 Å². The molecule has 1 aromatic rings. The van der Waals surface area contributed by atoms with E-state index in [-0.39, 0.29) is 11.9 Å². The highest BCUT2D eigenvalue weighted by atomic mass is 16.5. The van der Waals surface area contributed by atoms with Crippen LogP contribution < -0.4 is 15.4 Å². The van der Waals surface area contributed by atoms with Gasteiger partial charge in [0.05, 0.1) is 6.61 Å². The third-order valence-electron chi connectivity index (χ3n) is 2.72. The molecular weight excluding hydrogens is 232 g/mol. The molecule has 1 saturated heterocycles. The van der Waals surface area contributed by atoms with Crippen molar-refractivity contribution in [3.05, 3.63) is 11.9 Å². The van der Waals surface area contributed by atoms with E-state index in [1.54, 1.807) is 6.07 Å². The van der Waals surface area contributed by atoms with E-state index in [9.17, 15) is 4.79 Å². The van der Waals surface area contributed by atoms with Crippen molar-refractivity contribution < 1.29 is 9.53 Å². The number of hydrogen-bond donors (Lipinski definition) is 2. The molecule has 98 valence electrons. The molecule has 2 rings (SSSR count). The van der Waals surface area contributed by atoms with Gasteiger partial charge in [0.25, 0.3) is 0 Å². The summed E-state index contributed by atoms with van der Waals surface area (Å²) in [7, 11) is 0. The maximum atomic E-state index is 11.1. The van der Waals surface area contributed by atoms with Gasteiger partial charge in [-0.1, -0.05) is 0 Å². The summed E-state index contributed by atoms with van der Waals surface area (Å²) in [6.07, 6.45) is 1.48. The molecule has 1 fully saturated rings. The maximum Gasteiger partial charge on any atom is 0.220 e. The monoisotopic (exact) mass is 250 g/mol. The van der Waals surface area contributed by atoms with E-state index in [0.29, 0.717) is 31.3 Å². The van der Waals surface area contributed by atoms with Crippen LogP contribution in [0.4, 0.5) is 5.82 Å². The number of rotatable bonds is 5. The Morgan fingerprint density at radius 3 is 3.06 bits per heavy atom. The van der Waals surface area contributed by atoms with Gasteiger partial charge < -0.3 is 15.4 Å². The Hall–Kier alpha value is -1.85. The summed E-state index contributed by atoms with van der Waals surface area (Å²) in [4.78, 5) is 19.5. The Morgan fingerprint density at radius 1 is 1.56 bits per heavy atom. The summed E-state index contributed by atoms with van der Waals surface area (Å²) in [5.74, 6) is 2.09. The van der Waals surface area contributed by atoms with Crippen LogP contribution in [0.25, 0.3) is 0 Å². The number of nitrogens with zero attached hydrogens (tertiary/aromatic N) is 2. The second-order valence-corrected chi connectivity index (χ2v) is 4.26. The molecule has 6 heteroatoms. The van der Waals surface area contributed by atoms with Crippen LogP contribution in [0, 0.1) is 6.92 Å². The zero-order chi connectivity index (χ0) is 13.0. The number of hydrogen-bond acceptors (Lipinski definition) is 5. The first-order valence-corrected chi connectivity index (χ1v) is 6.19. The van der Waals surface area contributed by atoms with E-state index >= 15 is 0 Å². The van der Waals surface area contributed by atoms with Crippen LogP contribution in [0.15, 0.2) is 6.07 Å². The molecule has 0 saturated carbocycles. The number of aromatic nitrogens is 2. The van der Waals surface area contributed by atoms with E-state index in [2.05, 4.69) is 20.6 Å². The average molecular weight is 250 g/mol. The van der Waals surface area contributed by atoms with E-state index in [1.165, 1.54) is 0 Å². The minimum Gasteiger partial charge on any atom is -0.478 e. The van der Waals surface area contributed by atoms with Gasteiger partial charge in [-0.3, -0.25) is 4.79 Å². The fraction of sp³-hybridized carbons (Fsp3) is 0.583. The highest BCUT2D eigenvalue weighted by Gasteiger charge is 2.20. The molecule has 2 N–H and O–H groups in total. The summed E-state index contributed by atoms with van der Waals surface area (Å²) in [6, 6.07) is 1.95. The average Bonchev–Trinajstić information content (AvgIpc) is 2.72. The first-order chi connectivity index (χ1) is 8.67. The van der Waals surface area contributed by atoms with Crippen LogP contribution in [0.3, 0.4) is 0 Å². The molecule has 0 bridgehead atoms. The van der Waals surface area contributed by atoms with Crippen molar-refractivity contribution in [2.24, 2.45) is 0 Å². The smallest absolute Gasteiger partial charge is 0.220 e. The van der Waals surface area contributed by atoms with E-state index in [0.717, 1.165) is 12.2 Å². The van der Waals surface area contributed by atoms with Gasteiger partial charge >= 0.3 is 0 Å². The number of carbonyl (C=O) groups excluding carboxylic acids is 1. The second-order valence-electron chi connectivity index (χ2n) is 4.26. The number of ether oxygens (including phenoxy) is 1. The molecule has 0 aromatic carbocycles. The van der Waals surface area contributed by atoms with Crippen LogP contribution in [0.2, 0.25) is 0 Å². The fourth-order valence-corrected chi connectivity index (χ4v) is 1.91. The van der Waals surface area contributed by atoms with E-state index < -0.39 is 0 Å². The van der Waals surface area contributed by atoms with Gasteiger partial charge in [-0.15, -0.1) is 0 Å². The molecule has 1 amide bonds. The largest absolute Gasteiger partial charge is 0.478 e. The van der Waals surface area contributed by atoms with Crippen LogP contribution >= 0.6 is 0 Å². The number of anilines is 1. The standard InChI is InChI=1S/C12H18N4O2/c1-3-18-12-6-10(14-8(2)15-12)13-7-9-4-5-11(17)16-9/h6,9H,3-5,7H2,1-2H3,(H,16,17)(H,13,14,15). The van der Waals surface area contributed by atoms with Crippen LogP contribution in [-0.4, -0.2) is 35.1 Å². The van der Waals surface area contributed by atoms with Gasteiger partial charge in [-0.2, -0.15) is 4.98 Å². The van der Waals surface area contributed by atoms with Crippen molar-refractivity contribution in [2.45, 2.75) is 32.7 Å². The first kappa shape index (κ1) is 12.6. The molecule has 1 aliphatic heterocycles. The van der Waals surface area contributed by atoms with Crippen molar-refractivity contribution >= 4 is 11.7 Å². The van der Waals surface area contributed by atoms with Crippen LogP contribution in [0.1, 0.15) is 25.6 Å². The third kappa shape index (κ3) is 3.32. The molecule has 1 unspecified atom stereocenters. The Morgan fingerprint density at radius 2 is 2.39 bits per heavy atom. The fourth-order valence-electron chi connectivity index (χ4n) is 1.91. The predicted octanol–water partition coefficient (Wildman–Crippen LogP) is 0.874. The normalized spacial score (nSPS) is 18.6. The molecule has 6 nitrogen and oxygen atoms in total. The summed E-state index contributed by atoms with van der Waals surface area (Å²) in [5.41, 5.74) is 0. The lowest BCUT2D eigenvalue weighted by Crippen LogP contribution is -2.32. The summed E-state index contributed by atoms with van der Waals surface area (Å²) < 4.78 is 5.36. The number of amides is 1. The van der Waals surface area contributed by atoms with Gasteiger partial charge in [0.2, 0.25) is 11.8 Å². The summed E-state index contributed by atoms with van der Waals surface area (Å²) >= 11 is 0. The van der Waals surface area contributed by atoms with E-state index in [4.69, 9.17) is 4.74 Å². The predicted molar refractivity (Wildman–Crippen MR) is 67.6 cm³/mol. The van der Waals surface area contributed by atoms with Gasteiger partial charge in [0, 0.05) is 25.1 Å². The molecular formula is C12H18N4O2. The van der Waals surface area contributed by atoms with Crippen molar-refractivity contribution in [1.82, 2.24) is 15.3 Å². The summed E-state index contributed by atoms with van der Waals surface area (Å²) in [6.45, 7) is 4.99. The maximum absolute atomic E-state index is 11.1. The van der Waals surface area contributed by atoms with Gasteiger partial charge in [-0.05, 0) is 20.3 Å². The Bertz CT molecular complexity index is 436. The zero-order valence-corrected chi connectivity index (χ0v) is 10.7. The molecule has 0 spiro atoms.